The maximum Gasteiger partial charge on any atom is 0.270 e. The van der Waals surface area contributed by atoms with Gasteiger partial charge < -0.3 is 5.32 Å². The molecule has 3 rings (SSSR count). The second kappa shape index (κ2) is 3.69. The van der Waals surface area contributed by atoms with Crippen molar-refractivity contribution in [1.82, 2.24) is 14.7 Å². The highest BCUT2D eigenvalue weighted by atomic mass is 16.2. The molecule has 5 nitrogen and oxygen atoms in total. The van der Waals surface area contributed by atoms with Crippen LogP contribution >= 0.6 is 0 Å². The SMILES string of the molecule is O=C(NC1CC1)c1cnc2ccccn2c1=O. The first-order valence-electron chi connectivity index (χ1n) is 5.53. The summed E-state index contributed by atoms with van der Waals surface area (Å²) < 4.78 is 1.38. The van der Waals surface area contributed by atoms with Crippen LogP contribution < -0.4 is 10.9 Å². The van der Waals surface area contributed by atoms with Crippen LogP contribution in [0.5, 0.6) is 0 Å². The van der Waals surface area contributed by atoms with Crippen LogP contribution in [0.4, 0.5) is 0 Å². The number of aromatic nitrogens is 2. The lowest BCUT2D eigenvalue weighted by Crippen LogP contribution is -2.32. The van der Waals surface area contributed by atoms with Crippen molar-refractivity contribution < 1.29 is 4.79 Å². The third kappa shape index (κ3) is 1.80. The average Bonchev–Trinajstić information content (AvgIpc) is 3.13. The first kappa shape index (κ1) is 10.0. The van der Waals surface area contributed by atoms with E-state index in [0.29, 0.717) is 5.65 Å². The topological polar surface area (TPSA) is 63.5 Å². The molecule has 0 aliphatic heterocycles. The molecule has 2 heterocycles. The smallest absolute Gasteiger partial charge is 0.270 e. The second-order valence-corrected chi connectivity index (χ2v) is 4.15. The van der Waals surface area contributed by atoms with Crippen LogP contribution in [0.25, 0.3) is 5.65 Å². The highest BCUT2D eigenvalue weighted by Gasteiger charge is 2.25. The summed E-state index contributed by atoms with van der Waals surface area (Å²) in [6.07, 6.45) is 4.94. The predicted molar refractivity (Wildman–Crippen MR) is 62.0 cm³/mol. The summed E-state index contributed by atoms with van der Waals surface area (Å²) in [6.45, 7) is 0. The highest BCUT2D eigenvalue weighted by Crippen LogP contribution is 2.18. The van der Waals surface area contributed by atoms with Gasteiger partial charge >= 0.3 is 0 Å². The van der Waals surface area contributed by atoms with Gasteiger partial charge in [0.25, 0.3) is 11.5 Å². The minimum absolute atomic E-state index is 0.0978. The number of amides is 1. The Bertz CT molecular complexity index is 643. The van der Waals surface area contributed by atoms with Crippen molar-refractivity contribution in [2.24, 2.45) is 0 Å². The Morgan fingerprint density at radius 2 is 2.24 bits per heavy atom. The molecule has 1 aliphatic rings. The number of hydrogen-bond acceptors (Lipinski definition) is 3. The van der Waals surface area contributed by atoms with E-state index in [4.69, 9.17) is 0 Å². The van der Waals surface area contributed by atoms with Gasteiger partial charge in [0.2, 0.25) is 0 Å². The van der Waals surface area contributed by atoms with E-state index in [1.165, 1.54) is 10.6 Å². The fourth-order valence-corrected chi connectivity index (χ4v) is 1.67. The van der Waals surface area contributed by atoms with Gasteiger partial charge in [-0.3, -0.25) is 14.0 Å². The lowest BCUT2D eigenvalue weighted by Gasteiger charge is -2.04. The van der Waals surface area contributed by atoms with Crippen molar-refractivity contribution in [2.75, 3.05) is 0 Å². The lowest BCUT2D eigenvalue weighted by molar-refractivity contribution is 0.0949. The number of nitrogens with zero attached hydrogens (tertiary/aromatic N) is 2. The van der Waals surface area contributed by atoms with E-state index in [0.717, 1.165) is 12.8 Å². The number of carbonyl (C=O) groups excluding carboxylic acids is 1. The molecule has 0 bridgehead atoms. The molecule has 1 fully saturated rings. The molecule has 86 valence electrons. The molecule has 0 aromatic carbocycles. The number of nitrogens with one attached hydrogen (secondary N) is 1. The lowest BCUT2D eigenvalue weighted by atomic mass is 10.3. The third-order valence-electron chi connectivity index (χ3n) is 2.77. The molecular formula is C12H11N3O2. The van der Waals surface area contributed by atoms with Gasteiger partial charge in [0.15, 0.2) is 0 Å². The Morgan fingerprint density at radius 3 is 3.00 bits per heavy atom. The molecule has 1 N–H and O–H groups in total. The molecule has 2 aromatic rings. The normalized spacial score (nSPS) is 14.8. The summed E-state index contributed by atoms with van der Waals surface area (Å²) in [4.78, 5) is 27.9. The second-order valence-electron chi connectivity index (χ2n) is 4.15. The van der Waals surface area contributed by atoms with E-state index in [2.05, 4.69) is 10.3 Å². The van der Waals surface area contributed by atoms with E-state index in [9.17, 15) is 9.59 Å². The third-order valence-corrected chi connectivity index (χ3v) is 2.77. The van der Waals surface area contributed by atoms with Crippen LogP contribution in [0.15, 0.2) is 35.4 Å². The summed E-state index contributed by atoms with van der Waals surface area (Å²) in [5, 5.41) is 2.78. The molecule has 17 heavy (non-hydrogen) atoms. The Hall–Kier alpha value is -2.17. The van der Waals surface area contributed by atoms with Crippen molar-refractivity contribution in [2.45, 2.75) is 18.9 Å². The van der Waals surface area contributed by atoms with E-state index in [-0.39, 0.29) is 23.1 Å². The summed E-state index contributed by atoms with van der Waals surface area (Å²) >= 11 is 0. The number of carbonyl (C=O) groups is 1. The molecule has 0 saturated heterocycles. The van der Waals surface area contributed by atoms with Gasteiger partial charge in [0.05, 0.1) is 0 Å². The molecular weight excluding hydrogens is 218 g/mol. The van der Waals surface area contributed by atoms with Crippen molar-refractivity contribution >= 4 is 11.6 Å². The van der Waals surface area contributed by atoms with E-state index in [1.807, 2.05) is 0 Å². The average molecular weight is 229 g/mol. The van der Waals surface area contributed by atoms with Crippen molar-refractivity contribution in [3.05, 3.63) is 46.5 Å². The van der Waals surface area contributed by atoms with Gasteiger partial charge in [-0.2, -0.15) is 0 Å². The zero-order valence-corrected chi connectivity index (χ0v) is 9.09. The van der Waals surface area contributed by atoms with Crippen LogP contribution in [0.1, 0.15) is 23.2 Å². The molecule has 1 amide bonds. The van der Waals surface area contributed by atoms with Crippen molar-refractivity contribution in [1.29, 1.82) is 0 Å². The minimum Gasteiger partial charge on any atom is -0.349 e. The van der Waals surface area contributed by atoms with E-state index >= 15 is 0 Å². The van der Waals surface area contributed by atoms with Gasteiger partial charge in [-0.25, -0.2) is 4.98 Å². The maximum atomic E-state index is 12.0. The fraction of sp³-hybridized carbons (Fsp3) is 0.250. The molecule has 0 spiro atoms. The van der Waals surface area contributed by atoms with Gasteiger partial charge in [-0.1, -0.05) is 6.07 Å². The summed E-state index contributed by atoms with van der Waals surface area (Å²) in [5.41, 5.74) is 0.315. The van der Waals surface area contributed by atoms with Crippen LogP contribution in [0.2, 0.25) is 0 Å². The molecule has 1 aliphatic carbocycles. The van der Waals surface area contributed by atoms with Crippen molar-refractivity contribution in [3.63, 3.8) is 0 Å². The molecule has 0 unspecified atom stereocenters. The van der Waals surface area contributed by atoms with Gasteiger partial charge in [0.1, 0.15) is 11.2 Å². The quantitative estimate of drug-likeness (QED) is 0.819. The van der Waals surface area contributed by atoms with Gasteiger partial charge in [0, 0.05) is 18.4 Å². The Morgan fingerprint density at radius 1 is 1.41 bits per heavy atom. The van der Waals surface area contributed by atoms with Gasteiger partial charge in [-0.05, 0) is 25.0 Å². The minimum atomic E-state index is -0.330. The van der Waals surface area contributed by atoms with Gasteiger partial charge in [-0.15, -0.1) is 0 Å². The molecule has 0 radical (unpaired) electrons. The first-order valence-corrected chi connectivity index (χ1v) is 5.53. The monoisotopic (exact) mass is 229 g/mol. The number of pyridine rings is 1. The Balaban J connectivity index is 2.07. The largest absolute Gasteiger partial charge is 0.349 e. The van der Waals surface area contributed by atoms with Crippen LogP contribution in [0.3, 0.4) is 0 Å². The number of hydrogen-bond donors (Lipinski definition) is 1. The van der Waals surface area contributed by atoms with Crippen LogP contribution in [0, 0.1) is 0 Å². The molecule has 5 heteroatoms. The maximum absolute atomic E-state index is 12.0. The fourth-order valence-electron chi connectivity index (χ4n) is 1.67. The summed E-state index contributed by atoms with van der Waals surface area (Å²) in [5.74, 6) is -0.330. The predicted octanol–water partition coefficient (Wildman–Crippen LogP) is 0.587. The zero-order chi connectivity index (χ0) is 11.8. The van der Waals surface area contributed by atoms with E-state index < -0.39 is 0 Å². The van der Waals surface area contributed by atoms with Crippen molar-refractivity contribution in [3.8, 4) is 0 Å². The standard InChI is InChI=1S/C12H11N3O2/c16-11(14-8-4-5-8)9-7-13-10-3-1-2-6-15(10)12(9)17/h1-3,6-8H,4-5H2,(H,14,16). The van der Waals surface area contributed by atoms with E-state index in [1.54, 1.807) is 24.4 Å². The summed E-state index contributed by atoms with van der Waals surface area (Å²) in [6, 6.07) is 5.49. The van der Waals surface area contributed by atoms with Crippen LogP contribution in [-0.4, -0.2) is 21.3 Å². The molecule has 2 aromatic heterocycles. The zero-order valence-electron chi connectivity index (χ0n) is 9.09. The number of rotatable bonds is 2. The number of fused-ring (bicyclic) bond motifs is 1. The van der Waals surface area contributed by atoms with Crippen LogP contribution in [-0.2, 0) is 0 Å². The molecule has 0 atom stereocenters. The molecule has 1 saturated carbocycles. The Kier molecular flexibility index (Phi) is 2.18. The highest BCUT2D eigenvalue weighted by molar-refractivity contribution is 5.94. The first-order chi connectivity index (χ1) is 8.25. The summed E-state index contributed by atoms with van der Waals surface area (Å²) in [7, 11) is 0. The Labute approximate surface area is 97.1 Å².